The zero-order chi connectivity index (χ0) is 12.8. The molecule has 0 aromatic rings. The van der Waals surface area contributed by atoms with Crippen molar-refractivity contribution < 1.29 is 9.59 Å². The van der Waals surface area contributed by atoms with Crippen LogP contribution in [0.3, 0.4) is 0 Å². The van der Waals surface area contributed by atoms with E-state index in [4.69, 9.17) is 5.73 Å². The predicted octanol–water partition coefficient (Wildman–Crippen LogP) is 1.33. The van der Waals surface area contributed by atoms with E-state index in [-0.39, 0.29) is 24.3 Å². The smallest absolute Gasteiger partial charge is 0.231 e. The highest BCUT2D eigenvalue weighted by molar-refractivity contribution is 5.85. The average Bonchev–Trinajstić information content (AvgIpc) is 2.40. The van der Waals surface area contributed by atoms with Crippen LogP contribution in [0.25, 0.3) is 0 Å². The lowest BCUT2D eigenvalue weighted by atomic mass is 10.0. The van der Waals surface area contributed by atoms with Crippen molar-refractivity contribution >= 4 is 11.7 Å². The molecule has 4 nitrogen and oxygen atoms in total. The second-order valence-electron chi connectivity index (χ2n) is 5.37. The van der Waals surface area contributed by atoms with Crippen LogP contribution in [0.15, 0.2) is 0 Å². The SMILES string of the molecule is CC(C)CN(CC(N)=O)C1CCCCCC1=O. The molecule has 1 rings (SSSR count). The summed E-state index contributed by atoms with van der Waals surface area (Å²) in [5.74, 6) is 0.373. The highest BCUT2D eigenvalue weighted by Gasteiger charge is 2.28. The third-order valence-corrected chi connectivity index (χ3v) is 3.17. The van der Waals surface area contributed by atoms with Crippen LogP contribution >= 0.6 is 0 Å². The number of nitrogens with two attached hydrogens (primary N) is 1. The first-order valence-electron chi connectivity index (χ1n) is 6.55. The molecule has 0 spiro atoms. The Kier molecular flexibility index (Phi) is 5.62. The second-order valence-corrected chi connectivity index (χ2v) is 5.37. The molecule has 0 aliphatic heterocycles. The molecule has 1 amide bonds. The first-order valence-corrected chi connectivity index (χ1v) is 6.55. The minimum absolute atomic E-state index is 0.0904. The normalized spacial score (nSPS) is 21.9. The van der Waals surface area contributed by atoms with Crippen molar-refractivity contribution in [1.82, 2.24) is 4.90 Å². The van der Waals surface area contributed by atoms with Gasteiger partial charge in [0.15, 0.2) is 0 Å². The van der Waals surface area contributed by atoms with E-state index in [1.807, 2.05) is 4.90 Å². The Bertz CT molecular complexity index is 277. The van der Waals surface area contributed by atoms with Gasteiger partial charge in [0.1, 0.15) is 5.78 Å². The first kappa shape index (κ1) is 14.2. The van der Waals surface area contributed by atoms with E-state index in [0.29, 0.717) is 12.3 Å². The van der Waals surface area contributed by atoms with E-state index in [0.717, 1.165) is 32.2 Å². The summed E-state index contributed by atoms with van der Waals surface area (Å²) in [6.45, 7) is 5.15. The van der Waals surface area contributed by atoms with E-state index in [2.05, 4.69) is 13.8 Å². The molecule has 2 N–H and O–H groups in total. The van der Waals surface area contributed by atoms with Gasteiger partial charge in [0, 0.05) is 13.0 Å². The lowest BCUT2D eigenvalue weighted by Crippen LogP contribution is -2.46. The van der Waals surface area contributed by atoms with Crippen LogP contribution < -0.4 is 5.73 Å². The second kappa shape index (κ2) is 6.74. The largest absolute Gasteiger partial charge is 0.369 e. The maximum Gasteiger partial charge on any atom is 0.231 e. The molecule has 98 valence electrons. The van der Waals surface area contributed by atoms with Gasteiger partial charge in [-0.3, -0.25) is 14.5 Å². The van der Waals surface area contributed by atoms with Gasteiger partial charge in [-0.05, 0) is 18.8 Å². The molecule has 0 aromatic heterocycles. The number of primary amides is 1. The molecule has 17 heavy (non-hydrogen) atoms. The molecule has 1 unspecified atom stereocenters. The van der Waals surface area contributed by atoms with Gasteiger partial charge in [0.2, 0.25) is 5.91 Å². The van der Waals surface area contributed by atoms with Crippen LogP contribution in [0.1, 0.15) is 46.0 Å². The molecule has 1 aliphatic carbocycles. The van der Waals surface area contributed by atoms with E-state index in [1.165, 1.54) is 0 Å². The molecular formula is C13H24N2O2. The van der Waals surface area contributed by atoms with Crippen molar-refractivity contribution in [2.45, 2.75) is 52.0 Å². The van der Waals surface area contributed by atoms with Crippen LogP contribution in [-0.2, 0) is 9.59 Å². The highest BCUT2D eigenvalue weighted by atomic mass is 16.1. The third kappa shape index (κ3) is 4.86. The lowest BCUT2D eigenvalue weighted by Gasteiger charge is -2.30. The van der Waals surface area contributed by atoms with E-state index >= 15 is 0 Å². The summed E-state index contributed by atoms with van der Waals surface area (Å²) in [4.78, 5) is 25.1. The molecule has 1 atom stereocenters. The fraction of sp³-hybridized carbons (Fsp3) is 0.846. The lowest BCUT2D eigenvalue weighted by molar-refractivity contribution is -0.126. The van der Waals surface area contributed by atoms with Gasteiger partial charge in [-0.1, -0.05) is 26.7 Å². The van der Waals surface area contributed by atoms with Crippen LogP contribution in [-0.4, -0.2) is 35.7 Å². The minimum atomic E-state index is -0.345. The van der Waals surface area contributed by atoms with Crippen LogP contribution in [0.5, 0.6) is 0 Å². The van der Waals surface area contributed by atoms with E-state index < -0.39 is 0 Å². The average molecular weight is 240 g/mol. The summed E-state index contributed by atoms with van der Waals surface area (Å²) in [6, 6.07) is -0.0904. The van der Waals surface area contributed by atoms with Gasteiger partial charge in [0.05, 0.1) is 12.6 Å². The highest BCUT2D eigenvalue weighted by Crippen LogP contribution is 2.20. The number of nitrogens with zero attached hydrogens (tertiary/aromatic N) is 1. The molecule has 1 aliphatic rings. The van der Waals surface area contributed by atoms with Gasteiger partial charge in [-0.2, -0.15) is 0 Å². The van der Waals surface area contributed by atoms with E-state index in [9.17, 15) is 9.59 Å². The number of carbonyl (C=O) groups is 2. The summed E-state index contributed by atoms with van der Waals surface area (Å²) >= 11 is 0. The maximum absolute atomic E-state index is 12.0. The molecule has 0 heterocycles. The molecule has 4 heteroatoms. The molecule has 0 saturated heterocycles. The van der Waals surface area contributed by atoms with Crippen LogP contribution in [0.2, 0.25) is 0 Å². The Balaban J connectivity index is 2.71. The zero-order valence-electron chi connectivity index (χ0n) is 10.9. The van der Waals surface area contributed by atoms with Gasteiger partial charge in [-0.25, -0.2) is 0 Å². The minimum Gasteiger partial charge on any atom is -0.369 e. The number of amides is 1. The fourth-order valence-corrected chi connectivity index (χ4v) is 2.50. The van der Waals surface area contributed by atoms with Gasteiger partial charge >= 0.3 is 0 Å². The Morgan fingerprint density at radius 1 is 1.41 bits per heavy atom. The molecule has 0 radical (unpaired) electrons. The molecule has 0 aromatic carbocycles. The fourth-order valence-electron chi connectivity index (χ4n) is 2.50. The number of Topliss-reactive ketones (excluding diaryl/α,β-unsaturated/α-hetero) is 1. The summed E-state index contributed by atoms with van der Waals surface area (Å²) < 4.78 is 0. The Morgan fingerprint density at radius 3 is 2.71 bits per heavy atom. The van der Waals surface area contributed by atoms with Crippen molar-refractivity contribution in [2.24, 2.45) is 11.7 Å². The summed E-state index contributed by atoms with van der Waals surface area (Å²) in [5, 5.41) is 0. The molecule has 1 saturated carbocycles. The van der Waals surface area contributed by atoms with E-state index in [1.54, 1.807) is 0 Å². The Hall–Kier alpha value is -0.900. The van der Waals surface area contributed by atoms with Crippen LogP contribution in [0.4, 0.5) is 0 Å². The van der Waals surface area contributed by atoms with Crippen molar-refractivity contribution in [3.63, 3.8) is 0 Å². The number of hydrogen-bond donors (Lipinski definition) is 1. The quantitative estimate of drug-likeness (QED) is 0.737. The van der Waals surface area contributed by atoms with Gasteiger partial charge in [-0.15, -0.1) is 0 Å². The molecule has 0 bridgehead atoms. The van der Waals surface area contributed by atoms with Crippen molar-refractivity contribution in [1.29, 1.82) is 0 Å². The Morgan fingerprint density at radius 2 is 2.12 bits per heavy atom. The summed E-state index contributed by atoms with van der Waals surface area (Å²) in [7, 11) is 0. The topological polar surface area (TPSA) is 63.4 Å². The predicted molar refractivity (Wildman–Crippen MR) is 67.5 cm³/mol. The number of ketones is 1. The van der Waals surface area contributed by atoms with Gasteiger partial charge < -0.3 is 5.73 Å². The molecular weight excluding hydrogens is 216 g/mol. The van der Waals surface area contributed by atoms with Gasteiger partial charge in [0.25, 0.3) is 0 Å². The zero-order valence-corrected chi connectivity index (χ0v) is 10.9. The molecule has 1 fully saturated rings. The monoisotopic (exact) mass is 240 g/mol. The number of hydrogen-bond acceptors (Lipinski definition) is 3. The third-order valence-electron chi connectivity index (χ3n) is 3.17. The summed E-state index contributed by atoms with van der Waals surface area (Å²) in [5.41, 5.74) is 5.27. The van der Waals surface area contributed by atoms with Crippen LogP contribution in [0, 0.1) is 5.92 Å². The van der Waals surface area contributed by atoms with Crippen molar-refractivity contribution in [3.8, 4) is 0 Å². The standard InChI is InChI=1S/C13H24N2O2/c1-10(2)8-15(9-13(14)17)11-6-4-3-5-7-12(11)16/h10-11H,3-9H2,1-2H3,(H2,14,17). The number of carbonyl (C=O) groups excluding carboxylic acids is 2. The number of rotatable bonds is 5. The summed E-state index contributed by atoms with van der Waals surface area (Å²) in [6.07, 6.45) is 4.70. The first-order chi connectivity index (χ1) is 8.00. The van der Waals surface area contributed by atoms with Crippen molar-refractivity contribution in [3.05, 3.63) is 0 Å². The van der Waals surface area contributed by atoms with Crippen molar-refractivity contribution in [2.75, 3.05) is 13.1 Å². The Labute approximate surface area is 104 Å². The maximum atomic E-state index is 12.0.